The van der Waals surface area contributed by atoms with E-state index in [0.717, 1.165) is 157 Å². The Balaban J connectivity index is 0.000000145. The number of nitrogens with zero attached hydrogens (tertiary/aromatic N) is 4. The fraction of sp³-hybridized carbons (Fsp3) is 0.0226. The molecule has 0 atom stereocenters. The highest BCUT2D eigenvalue weighted by Gasteiger charge is 2.31. The molecule has 27 rings (SSSR count). The van der Waals surface area contributed by atoms with Crippen LogP contribution in [0.5, 0.6) is 23.0 Å². The molecule has 0 N–H and O–H groups in total. The Kier molecular flexibility index (Phi) is 20.5. The molecule has 0 fully saturated rings. The zero-order valence-corrected chi connectivity index (χ0v) is 78.9. The van der Waals surface area contributed by atoms with Gasteiger partial charge in [0.1, 0.15) is 28.6 Å². The SMILES string of the molecule is C[Si](C)(C)c1ccc(N(c2ccccc2)c2ccc(-c3cc4c5cccc6c5c(cc4c4ccccc34)-c3ccc(N(c4ccccc4-c4ccccc4)c4cccc5c4oc4ccccc45)cc3O6)cc2)cc1.c1ccc(-c2ccccc2N(c2ccccc2)c2ccc(-c3cc4c5cccc6c5c(cc4c4ccccc34)-c3ccc(N(c4ccccc4)c4ccc5ccccc5c4)cc3O6)cc2)cc1. The number of fused-ring (bicyclic) bond motifs is 16. The second kappa shape index (κ2) is 34.6. The number of rotatable bonds is 17. The normalized spacial score (nSPS) is 11.9. The lowest BCUT2D eigenvalue weighted by atomic mass is 9.86. The number of ether oxygens (including phenoxy) is 2. The molecule has 3 heterocycles. The number of para-hydroxylation sites is 7. The summed E-state index contributed by atoms with van der Waals surface area (Å²) in [6.07, 6.45) is 0. The topological polar surface area (TPSA) is 44.6 Å². The molecular formula is C133H92N4O3Si. The van der Waals surface area contributed by atoms with Crippen LogP contribution in [-0.2, 0) is 0 Å². The lowest BCUT2D eigenvalue weighted by Gasteiger charge is -2.30. The molecule has 0 unspecified atom stereocenters. The van der Waals surface area contributed by atoms with Crippen molar-refractivity contribution in [3.05, 3.63) is 504 Å². The van der Waals surface area contributed by atoms with Crippen molar-refractivity contribution in [1.82, 2.24) is 0 Å². The van der Waals surface area contributed by atoms with Crippen LogP contribution in [0.25, 0.3) is 164 Å². The maximum absolute atomic E-state index is 7.09. The molecular weight excluding hydrogens is 1730 g/mol. The zero-order valence-electron chi connectivity index (χ0n) is 77.9. The predicted molar refractivity (Wildman–Crippen MR) is 597 cm³/mol. The predicted octanol–water partition coefficient (Wildman–Crippen LogP) is 38.0. The molecule has 141 heavy (non-hydrogen) atoms. The monoisotopic (exact) mass is 1820 g/mol. The van der Waals surface area contributed by atoms with Crippen LogP contribution in [0.4, 0.5) is 68.2 Å². The van der Waals surface area contributed by atoms with Crippen molar-refractivity contribution in [3.63, 3.8) is 0 Å². The number of benzene rings is 24. The molecule has 0 amide bonds. The van der Waals surface area contributed by atoms with Crippen LogP contribution >= 0.6 is 0 Å². The van der Waals surface area contributed by atoms with Gasteiger partial charge in [0, 0.05) is 101 Å². The molecule has 0 spiro atoms. The van der Waals surface area contributed by atoms with Crippen molar-refractivity contribution in [3.8, 4) is 89.8 Å². The molecule has 2 aliphatic heterocycles. The fourth-order valence-corrected chi connectivity index (χ4v) is 22.9. The summed E-state index contributed by atoms with van der Waals surface area (Å²) in [5.41, 5.74) is 28.4. The molecule has 2 aliphatic rings. The van der Waals surface area contributed by atoms with Crippen molar-refractivity contribution in [1.29, 1.82) is 0 Å². The van der Waals surface area contributed by atoms with E-state index in [-0.39, 0.29) is 0 Å². The third-order valence-electron chi connectivity index (χ3n) is 28.4. The first-order valence-electron chi connectivity index (χ1n) is 48.4. The molecule has 0 saturated heterocycles. The van der Waals surface area contributed by atoms with Crippen LogP contribution in [0.15, 0.2) is 508 Å². The lowest BCUT2D eigenvalue weighted by Crippen LogP contribution is -2.37. The zero-order chi connectivity index (χ0) is 93.8. The third-order valence-corrected chi connectivity index (χ3v) is 30.4. The average molecular weight is 1820 g/mol. The molecule has 0 radical (unpaired) electrons. The van der Waals surface area contributed by atoms with E-state index < -0.39 is 8.07 Å². The summed E-state index contributed by atoms with van der Waals surface area (Å²) in [4.78, 5) is 9.37. The number of furan rings is 1. The van der Waals surface area contributed by atoms with Gasteiger partial charge in [0.15, 0.2) is 5.58 Å². The minimum atomic E-state index is -1.46. The Morgan fingerprint density at radius 3 is 1.04 bits per heavy atom. The second-order valence-corrected chi connectivity index (χ2v) is 42.8. The number of hydrogen-bond acceptors (Lipinski definition) is 7. The van der Waals surface area contributed by atoms with Gasteiger partial charge in [-0.2, -0.15) is 0 Å². The first-order valence-corrected chi connectivity index (χ1v) is 51.9. The Morgan fingerprint density at radius 1 is 0.177 bits per heavy atom. The molecule has 24 aromatic carbocycles. The van der Waals surface area contributed by atoms with Crippen LogP contribution in [0.3, 0.4) is 0 Å². The smallest absolute Gasteiger partial charge is 0.159 e. The van der Waals surface area contributed by atoms with Crippen molar-refractivity contribution in [2.75, 3.05) is 19.6 Å². The van der Waals surface area contributed by atoms with E-state index in [1.165, 1.54) is 103 Å². The maximum Gasteiger partial charge on any atom is 0.159 e. The molecule has 666 valence electrons. The third kappa shape index (κ3) is 14.7. The van der Waals surface area contributed by atoms with E-state index in [1.54, 1.807) is 0 Å². The van der Waals surface area contributed by atoms with Gasteiger partial charge in [-0.25, -0.2) is 0 Å². The van der Waals surface area contributed by atoms with Gasteiger partial charge >= 0.3 is 0 Å². The fourth-order valence-electron chi connectivity index (χ4n) is 21.7. The van der Waals surface area contributed by atoms with Crippen LogP contribution in [-0.4, -0.2) is 8.07 Å². The van der Waals surface area contributed by atoms with Gasteiger partial charge < -0.3 is 33.5 Å². The van der Waals surface area contributed by atoms with E-state index in [4.69, 9.17) is 13.9 Å². The number of hydrogen-bond donors (Lipinski definition) is 0. The highest BCUT2D eigenvalue weighted by Crippen LogP contribution is 2.57. The Labute approximate surface area is 819 Å². The summed E-state index contributed by atoms with van der Waals surface area (Å²) in [6, 6.07) is 182. The van der Waals surface area contributed by atoms with Gasteiger partial charge in [0.2, 0.25) is 0 Å². The average Bonchev–Trinajstić information content (AvgIpc) is 1.16. The first kappa shape index (κ1) is 83.5. The Morgan fingerprint density at radius 2 is 0.518 bits per heavy atom. The van der Waals surface area contributed by atoms with Crippen LogP contribution in [0.1, 0.15) is 0 Å². The quantitative estimate of drug-likeness (QED) is 0.0665. The van der Waals surface area contributed by atoms with Crippen LogP contribution in [0, 0.1) is 0 Å². The minimum Gasteiger partial charge on any atom is -0.456 e. The molecule has 25 aromatic rings. The van der Waals surface area contributed by atoms with Crippen molar-refractivity contribution < 1.29 is 13.9 Å². The maximum atomic E-state index is 7.09. The molecule has 8 heteroatoms. The van der Waals surface area contributed by atoms with Crippen molar-refractivity contribution in [2.45, 2.75) is 19.6 Å². The summed E-state index contributed by atoms with van der Waals surface area (Å²) in [5, 5.41) is 20.3. The summed E-state index contributed by atoms with van der Waals surface area (Å²) >= 11 is 0. The molecule has 7 nitrogen and oxygen atoms in total. The summed E-state index contributed by atoms with van der Waals surface area (Å²) in [7, 11) is -1.46. The standard InChI is InChI=1S/C69H50N2O2Si.C64H42N2O/c1-74(2,3)51-39-36-49(37-40-51)70(47-20-8-5-9-21-47)48-34-32-46(33-35-48)59-43-61-57-26-17-31-66-68(57)62(44-60(61)54-24-11-10-23-53(54)59)56-41-38-50(42-67(56)72-66)71(63-28-14-12-22-52(63)45-18-6-4-7-19-45)64-29-16-27-58-55-25-13-15-30-65(55)73-69(58)64;1-4-18-44(19-5-1)52-25-14-15-29-61(52)66(48-23-8-3-9-24-48)49-34-32-45(33-35-49)57-41-59-56-28-16-30-62-64(56)60(42-58(59)54-27-13-12-26-53(54)57)55-38-37-51(40-63(55)67-62)65(47-21-6-2-7-22-47)50-36-31-43-17-10-11-20-46(43)39-50/h4-44H,1-3H3;1-42H. The van der Waals surface area contributed by atoms with E-state index in [1.807, 2.05) is 12.1 Å². The van der Waals surface area contributed by atoms with E-state index >= 15 is 0 Å². The highest BCUT2D eigenvalue weighted by molar-refractivity contribution is 6.88. The highest BCUT2D eigenvalue weighted by atomic mass is 28.3. The van der Waals surface area contributed by atoms with Gasteiger partial charge in [0.05, 0.1) is 30.8 Å². The van der Waals surface area contributed by atoms with E-state index in [9.17, 15) is 0 Å². The summed E-state index contributed by atoms with van der Waals surface area (Å²) < 4.78 is 20.8. The minimum absolute atomic E-state index is 0.804. The first-order chi connectivity index (χ1) is 69.6. The van der Waals surface area contributed by atoms with Gasteiger partial charge in [0.25, 0.3) is 0 Å². The van der Waals surface area contributed by atoms with E-state index in [0.29, 0.717) is 0 Å². The lowest BCUT2D eigenvalue weighted by molar-refractivity contribution is 0.487. The van der Waals surface area contributed by atoms with Crippen LogP contribution in [0.2, 0.25) is 19.6 Å². The van der Waals surface area contributed by atoms with Gasteiger partial charge in [-0.1, -0.05) is 346 Å². The van der Waals surface area contributed by atoms with Crippen molar-refractivity contribution in [2.24, 2.45) is 0 Å². The van der Waals surface area contributed by atoms with Crippen LogP contribution < -0.4 is 34.3 Å². The summed E-state index contributed by atoms with van der Waals surface area (Å²) in [6.45, 7) is 7.20. The molecule has 0 bridgehead atoms. The summed E-state index contributed by atoms with van der Waals surface area (Å²) in [5.74, 6) is 3.36. The second-order valence-electron chi connectivity index (χ2n) is 37.7. The number of anilines is 12. The molecule has 1 aromatic heterocycles. The Hall–Kier alpha value is -18.1. The van der Waals surface area contributed by atoms with E-state index in [2.05, 4.69) is 531 Å². The Bertz CT molecular complexity index is 9210. The largest absolute Gasteiger partial charge is 0.456 e. The molecule has 0 aliphatic carbocycles. The molecule has 0 saturated carbocycles. The van der Waals surface area contributed by atoms with Crippen molar-refractivity contribution >= 4 is 179 Å². The van der Waals surface area contributed by atoms with Gasteiger partial charge in [-0.3, -0.25) is 0 Å². The van der Waals surface area contributed by atoms with Gasteiger partial charge in [-0.05, 0) is 279 Å². The van der Waals surface area contributed by atoms with Gasteiger partial charge in [-0.15, -0.1) is 0 Å².